The normalized spacial score (nSPS) is 17.1. The van der Waals surface area contributed by atoms with Crippen molar-refractivity contribution in [2.45, 2.75) is 33.1 Å². The smallest absolute Gasteiger partial charge is 0.409 e. The number of carbonyl (C=O) groups is 2. The maximum Gasteiger partial charge on any atom is 0.409 e. The van der Waals surface area contributed by atoms with E-state index in [0.29, 0.717) is 31.2 Å². The first-order valence-electron chi connectivity index (χ1n) is 9.85. The lowest BCUT2D eigenvalue weighted by molar-refractivity contribution is 0.0891. The number of rotatable bonds is 3. The lowest BCUT2D eigenvalue weighted by atomic mass is 9.89. The molecule has 2 aliphatic rings. The Hall–Kier alpha value is -3.03. The number of nitrogens with zero attached hydrogens (tertiary/aromatic N) is 4. The number of piperidine rings is 1. The van der Waals surface area contributed by atoms with Crippen molar-refractivity contribution in [1.29, 1.82) is 0 Å². The van der Waals surface area contributed by atoms with Crippen molar-refractivity contribution in [3.8, 4) is 11.1 Å². The summed E-state index contributed by atoms with van der Waals surface area (Å²) >= 11 is 0. The Kier molecular flexibility index (Phi) is 5.17. The average molecular weight is 398 g/mol. The van der Waals surface area contributed by atoms with Crippen molar-refractivity contribution in [3.05, 3.63) is 35.8 Å². The zero-order chi connectivity index (χ0) is 20.5. The summed E-state index contributed by atoms with van der Waals surface area (Å²) in [5.74, 6) is 0.207. The third-order valence-corrected chi connectivity index (χ3v) is 5.48. The van der Waals surface area contributed by atoms with Crippen LogP contribution in [0.3, 0.4) is 0 Å². The molecule has 1 amide bonds. The molecular weight excluding hydrogens is 375 g/mol. The van der Waals surface area contributed by atoms with E-state index in [1.54, 1.807) is 24.0 Å². The van der Waals surface area contributed by atoms with Gasteiger partial charge >= 0.3 is 6.09 Å². The Labute approximate surface area is 168 Å². The van der Waals surface area contributed by atoms with Crippen LogP contribution in [0.15, 0.2) is 29.3 Å². The lowest BCUT2D eigenvalue weighted by Crippen LogP contribution is -2.41. The second kappa shape index (κ2) is 7.77. The third kappa shape index (κ3) is 3.66. The minimum Gasteiger partial charge on any atom is -0.450 e. The molecule has 0 radical (unpaired) electrons. The first kappa shape index (κ1) is 19.3. The topological polar surface area (TPSA) is 76.8 Å². The van der Waals surface area contributed by atoms with E-state index in [2.05, 4.69) is 5.10 Å². The zero-order valence-electron chi connectivity index (χ0n) is 16.5. The van der Waals surface area contributed by atoms with E-state index >= 15 is 0 Å². The molecule has 0 aliphatic carbocycles. The highest BCUT2D eigenvalue weighted by atomic mass is 19.1. The summed E-state index contributed by atoms with van der Waals surface area (Å²) in [5, 5.41) is 4.36. The van der Waals surface area contributed by atoms with Crippen LogP contribution in [0.2, 0.25) is 0 Å². The van der Waals surface area contributed by atoms with Crippen molar-refractivity contribution in [2.75, 3.05) is 19.7 Å². The summed E-state index contributed by atoms with van der Waals surface area (Å²) in [6.45, 7) is 5.14. The minimum atomic E-state index is -0.318. The fourth-order valence-electron chi connectivity index (χ4n) is 4.00. The molecule has 0 atom stereocenters. The van der Waals surface area contributed by atoms with Gasteiger partial charge in [-0.15, -0.1) is 0 Å². The average Bonchev–Trinajstić information content (AvgIpc) is 3.05. The van der Waals surface area contributed by atoms with Crippen molar-refractivity contribution in [2.24, 2.45) is 10.9 Å². The third-order valence-electron chi connectivity index (χ3n) is 5.48. The molecule has 0 saturated carbocycles. The van der Waals surface area contributed by atoms with Gasteiger partial charge in [-0.2, -0.15) is 9.78 Å². The maximum absolute atomic E-state index is 13.3. The molecule has 4 rings (SSSR count). The van der Waals surface area contributed by atoms with E-state index in [0.717, 1.165) is 29.7 Å². The molecule has 8 heteroatoms. The van der Waals surface area contributed by atoms with Gasteiger partial charge in [-0.25, -0.2) is 14.2 Å². The molecular formula is C21H23FN4O3. The van der Waals surface area contributed by atoms with Crippen LogP contribution in [-0.2, 0) is 4.74 Å². The van der Waals surface area contributed by atoms with Gasteiger partial charge in [-0.05, 0) is 44.4 Å². The predicted molar refractivity (Wildman–Crippen MR) is 106 cm³/mol. The number of aliphatic imine (C=N–C) groups is 1. The molecule has 0 bridgehead atoms. The molecule has 1 saturated heterocycles. The summed E-state index contributed by atoms with van der Waals surface area (Å²) in [5.41, 5.74) is 3.04. The number of likely N-dealkylation sites (tertiary alicyclic amines) is 1. The van der Waals surface area contributed by atoms with Crippen molar-refractivity contribution in [1.82, 2.24) is 14.7 Å². The number of benzene rings is 1. The van der Waals surface area contributed by atoms with Crippen LogP contribution >= 0.6 is 0 Å². The minimum absolute atomic E-state index is 0.116. The Morgan fingerprint density at radius 1 is 1.24 bits per heavy atom. The van der Waals surface area contributed by atoms with E-state index < -0.39 is 0 Å². The summed E-state index contributed by atoms with van der Waals surface area (Å²) in [6.07, 6.45) is 1.41. The molecule has 1 fully saturated rings. The first-order valence-corrected chi connectivity index (χ1v) is 9.85. The van der Waals surface area contributed by atoms with Crippen LogP contribution in [0.4, 0.5) is 15.0 Å². The lowest BCUT2D eigenvalue weighted by Gasteiger charge is -2.32. The van der Waals surface area contributed by atoms with Gasteiger partial charge in [0.1, 0.15) is 5.82 Å². The highest BCUT2D eigenvalue weighted by Gasteiger charge is 2.32. The van der Waals surface area contributed by atoms with E-state index in [1.807, 2.05) is 6.92 Å². The van der Waals surface area contributed by atoms with Crippen LogP contribution in [0.25, 0.3) is 11.1 Å². The van der Waals surface area contributed by atoms with Crippen LogP contribution in [0.5, 0.6) is 0 Å². The molecule has 3 heterocycles. The number of aryl methyl sites for hydroxylation is 1. The molecule has 29 heavy (non-hydrogen) atoms. The molecule has 7 nitrogen and oxygen atoms in total. The quantitative estimate of drug-likeness (QED) is 0.784. The summed E-state index contributed by atoms with van der Waals surface area (Å²) in [7, 11) is 0. The molecule has 0 spiro atoms. The molecule has 0 N–H and O–H groups in total. The Bertz CT molecular complexity index is 973. The van der Waals surface area contributed by atoms with Crippen LogP contribution in [0, 0.1) is 18.7 Å². The first-order chi connectivity index (χ1) is 14.0. The van der Waals surface area contributed by atoms with Crippen molar-refractivity contribution in [3.63, 3.8) is 0 Å². The van der Waals surface area contributed by atoms with Gasteiger partial charge in [0.15, 0.2) is 5.82 Å². The monoisotopic (exact) mass is 398 g/mol. The van der Waals surface area contributed by atoms with Crippen LogP contribution < -0.4 is 0 Å². The van der Waals surface area contributed by atoms with E-state index in [4.69, 9.17) is 9.73 Å². The highest BCUT2D eigenvalue weighted by molar-refractivity contribution is 6.08. The second-order valence-corrected chi connectivity index (χ2v) is 7.34. The van der Waals surface area contributed by atoms with E-state index in [-0.39, 0.29) is 30.2 Å². The molecule has 152 valence electrons. The Morgan fingerprint density at radius 2 is 1.93 bits per heavy atom. The Balaban J connectivity index is 1.61. The number of fused-ring (bicyclic) bond motifs is 1. The molecule has 1 aromatic carbocycles. The standard InChI is InChI=1S/C21H23FN4O3/c1-3-29-21(28)25-10-8-14(9-11-25)17-12-18(27)26-20(23-17)19(13(2)24-26)15-4-6-16(22)7-5-15/h4-7,14H,3,8-12H2,1-2H3. The zero-order valence-corrected chi connectivity index (χ0v) is 16.5. The fourth-order valence-corrected chi connectivity index (χ4v) is 4.00. The summed E-state index contributed by atoms with van der Waals surface area (Å²) in [4.78, 5) is 31.1. The van der Waals surface area contributed by atoms with E-state index in [9.17, 15) is 14.0 Å². The number of halogens is 1. The van der Waals surface area contributed by atoms with Gasteiger partial charge in [0.2, 0.25) is 0 Å². The van der Waals surface area contributed by atoms with Gasteiger partial charge in [0.25, 0.3) is 5.91 Å². The van der Waals surface area contributed by atoms with Gasteiger partial charge in [0.05, 0.1) is 18.7 Å². The molecule has 2 aliphatic heterocycles. The molecule has 0 unspecified atom stereocenters. The van der Waals surface area contributed by atoms with Crippen LogP contribution in [-0.4, -0.2) is 52.1 Å². The number of hydrogen-bond acceptors (Lipinski definition) is 5. The van der Waals surface area contributed by atoms with Crippen molar-refractivity contribution < 1.29 is 18.7 Å². The fraction of sp³-hybridized carbons (Fsp3) is 0.429. The highest BCUT2D eigenvalue weighted by Crippen LogP contribution is 2.37. The largest absolute Gasteiger partial charge is 0.450 e. The Morgan fingerprint density at radius 3 is 2.59 bits per heavy atom. The second-order valence-electron chi connectivity index (χ2n) is 7.34. The molecule has 2 aromatic rings. The van der Waals surface area contributed by atoms with E-state index in [1.165, 1.54) is 16.8 Å². The molecule has 1 aromatic heterocycles. The summed E-state index contributed by atoms with van der Waals surface area (Å²) in [6, 6.07) is 6.12. The maximum atomic E-state index is 13.3. The van der Waals surface area contributed by atoms with Crippen molar-refractivity contribution >= 4 is 23.5 Å². The van der Waals surface area contributed by atoms with Gasteiger partial charge in [-0.3, -0.25) is 4.79 Å². The number of ether oxygens (including phenoxy) is 1. The number of hydrogen-bond donors (Lipinski definition) is 0. The van der Waals surface area contributed by atoms with Gasteiger partial charge < -0.3 is 9.64 Å². The van der Waals surface area contributed by atoms with Gasteiger partial charge in [0, 0.05) is 30.3 Å². The SMILES string of the molecule is CCOC(=O)N1CCC(C2=Nc3c(-c4ccc(F)cc4)c(C)nn3C(=O)C2)CC1. The van der Waals surface area contributed by atoms with Gasteiger partial charge in [-0.1, -0.05) is 12.1 Å². The predicted octanol–water partition coefficient (Wildman–Crippen LogP) is 3.98. The number of amides is 1. The number of carbonyl (C=O) groups excluding carboxylic acids is 2. The number of aromatic nitrogens is 2. The van der Waals surface area contributed by atoms with Crippen LogP contribution in [0.1, 0.15) is 36.7 Å². The summed E-state index contributed by atoms with van der Waals surface area (Å²) < 4.78 is 19.8.